The highest BCUT2D eigenvalue weighted by Gasteiger charge is 2.32. The molecule has 1 N–H and O–H groups in total. The van der Waals surface area contributed by atoms with Crippen LogP contribution in [0.25, 0.3) is 0 Å². The first kappa shape index (κ1) is 26.0. The molecule has 0 saturated heterocycles. The van der Waals surface area contributed by atoms with Crippen LogP contribution in [0, 0.1) is 6.92 Å². The maximum atomic E-state index is 13.7. The second kappa shape index (κ2) is 13.3. The number of rotatable bonds is 11. The summed E-state index contributed by atoms with van der Waals surface area (Å²) in [4.78, 5) is 29.2. The van der Waals surface area contributed by atoms with E-state index in [2.05, 4.69) is 48.6 Å². The van der Waals surface area contributed by atoms with E-state index in [0.29, 0.717) is 18.7 Å². The molecule has 3 aromatic carbocycles. The van der Waals surface area contributed by atoms with Gasteiger partial charge in [0.15, 0.2) is 0 Å². The second-order valence-corrected chi connectivity index (χ2v) is 10.7. The molecule has 0 spiro atoms. The molecule has 0 unspecified atom stereocenters. The van der Waals surface area contributed by atoms with Gasteiger partial charge in [0.05, 0.1) is 5.75 Å². The Morgan fingerprint density at radius 2 is 1.47 bits per heavy atom. The van der Waals surface area contributed by atoms with Crippen molar-refractivity contribution in [3.8, 4) is 0 Å². The van der Waals surface area contributed by atoms with Crippen molar-refractivity contribution in [3.05, 3.63) is 107 Å². The van der Waals surface area contributed by atoms with Crippen molar-refractivity contribution in [2.24, 2.45) is 0 Å². The van der Waals surface area contributed by atoms with E-state index in [4.69, 9.17) is 0 Å². The highest BCUT2D eigenvalue weighted by atomic mass is 32.2. The lowest BCUT2D eigenvalue weighted by atomic mass is 10.0. The van der Waals surface area contributed by atoms with E-state index in [-0.39, 0.29) is 17.9 Å². The Kier molecular flexibility index (Phi) is 9.62. The zero-order chi connectivity index (χ0) is 25.2. The maximum Gasteiger partial charge on any atom is 0.243 e. The topological polar surface area (TPSA) is 49.4 Å². The van der Waals surface area contributed by atoms with Gasteiger partial charge in [-0.3, -0.25) is 9.59 Å². The third-order valence-corrected chi connectivity index (χ3v) is 7.77. The number of carbonyl (C=O) groups excluding carboxylic acids is 2. The van der Waals surface area contributed by atoms with Gasteiger partial charge in [-0.2, -0.15) is 0 Å². The molecule has 1 saturated carbocycles. The van der Waals surface area contributed by atoms with Crippen LogP contribution in [0.1, 0.15) is 47.9 Å². The summed E-state index contributed by atoms with van der Waals surface area (Å²) < 4.78 is 0. The number of benzene rings is 3. The third-order valence-electron chi connectivity index (χ3n) is 6.78. The summed E-state index contributed by atoms with van der Waals surface area (Å²) >= 11 is 1.60. The van der Waals surface area contributed by atoms with Crippen molar-refractivity contribution < 1.29 is 9.59 Å². The zero-order valence-corrected chi connectivity index (χ0v) is 21.9. The average Bonchev–Trinajstić information content (AvgIpc) is 3.41. The van der Waals surface area contributed by atoms with Crippen molar-refractivity contribution >= 4 is 23.6 Å². The molecule has 3 aromatic rings. The average molecular weight is 501 g/mol. The van der Waals surface area contributed by atoms with E-state index in [9.17, 15) is 9.59 Å². The number of thioether (sulfide) groups is 1. The summed E-state index contributed by atoms with van der Waals surface area (Å²) in [7, 11) is 0. The molecule has 0 aliphatic heterocycles. The number of aryl methyl sites for hydroxylation is 1. The molecule has 36 heavy (non-hydrogen) atoms. The number of amides is 2. The summed E-state index contributed by atoms with van der Waals surface area (Å²) in [6.45, 7) is 2.47. The van der Waals surface area contributed by atoms with Gasteiger partial charge in [-0.15, -0.1) is 11.8 Å². The normalized spacial score (nSPS) is 14.4. The molecule has 1 aliphatic carbocycles. The lowest BCUT2D eigenvalue weighted by Crippen LogP contribution is -2.52. The predicted octanol–water partition coefficient (Wildman–Crippen LogP) is 5.93. The molecule has 0 radical (unpaired) electrons. The van der Waals surface area contributed by atoms with Gasteiger partial charge in [-0.05, 0) is 36.5 Å². The zero-order valence-electron chi connectivity index (χ0n) is 21.1. The van der Waals surface area contributed by atoms with E-state index in [1.165, 1.54) is 11.1 Å². The Bertz CT molecular complexity index is 1100. The molecule has 1 atom stereocenters. The van der Waals surface area contributed by atoms with Gasteiger partial charge in [-0.25, -0.2) is 0 Å². The third kappa shape index (κ3) is 7.72. The molecular weight excluding hydrogens is 464 g/mol. The fourth-order valence-electron chi connectivity index (χ4n) is 4.73. The fourth-order valence-corrected chi connectivity index (χ4v) is 5.60. The number of hydrogen-bond donors (Lipinski definition) is 1. The van der Waals surface area contributed by atoms with Gasteiger partial charge in [0.2, 0.25) is 11.8 Å². The quantitative estimate of drug-likeness (QED) is 0.355. The largest absolute Gasteiger partial charge is 0.352 e. The Labute approximate surface area is 219 Å². The van der Waals surface area contributed by atoms with Gasteiger partial charge >= 0.3 is 0 Å². The van der Waals surface area contributed by atoms with Crippen LogP contribution in [-0.2, 0) is 28.3 Å². The summed E-state index contributed by atoms with van der Waals surface area (Å²) in [5.41, 5.74) is 4.46. The van der Waals surface area contributed by atoms with Crippen molar-refractivity contribution in [1.82, 2.24) is 10.2 Å². The van der Waals surface area contributed by atoms with Crippen LogP contribution in [0.15, 0.2) is 84.9 Å². The number of carbonyl (C=O) groups is 2. The van der Waals surface area contributed by atoms with Crippen LogP contribution in [0.3, 0.4) is 0 Å². The number of nitrogens with one attached hydrogen (secondary N) is 1. The Hall–Kier alpha value is -3.05. The lowest BCUT2D eigenvalue weighted by Gasteiger charge is -2.32. The summed E-state index contributed by atoms with van der Waals surface area (Å²) in [6, 6.07) is 28.1. The van der Waals surface area contributed by atoms with Crippen LogP contribution < -0.4 is 5.32 Å². The van der Waals surface area contributed by atoms with E-state index < -0.39 is 6.04 Å². The second-order valence-electron chi connectivity index (χ2n) is 9.68. The van der Waals surface area contributed by atoms with E-state index in [0.717, 1.165) is 42.6 Å². The van der Waals surface area contributed by atoms with Crippen LogP contribution >= 0.6 is 11.8 Å². The molecule has 0 heterocycles. The summed E-state index contributed by atoms with van der Waals surface area (Å²) in [5.74, 6) is 1.06. The maximum absolute atomic E-state index is 13.7. The predicted molar refractivity (Wildman–Crippen MR) is 149 cm³/mol. The van der Waals surface area contributed by atoms with Crippen LogP contribution in [0.4, 0.5) is 0 Å². The summed E-state index contributed by atoms with van der Waals surface area (Å²) in [5, 5.41) is 3.27. The first-order valence-corrected chi connectivity index (χ1v) is 14.0. The molecule has 4 nitrogen and oxygen atoms in total. The molecule has 4 rings (SSSR count). The van der Waals surface area contributed by atoms with E-state index in [1.807, 2.05) is 48.5 Å². The first-order chi connectivity index (χ1) is 17.6. The summed E-state index contributed by atoms with van der Waals surface area (Å²) in [6.07, 6.45) is 4.83. The molecule has 188 valence electrons. The van der Waals surface area contributed by atoms with E-state index in [1.54, 1.807) is 16.7 Å². The number of hydrogen-bond acceptors (Lipinski definition) is 3. The van der Waals surface area contributed by atoms with Crippen LogP contribution in [0.2, 0.25) is 0 Å². The molecule has 0 bridgehead atoms. The highest BCUT2D eigenvalue weighted by molar-refractivity contribution is 7.99. The van der Waals surface area contributed by atoms with Gasteiger partial charge in [0.1, 0.15) is 6.04 Å². The molecular formula is C31H36N2O2S. The monoisotopic (exact) mass is 500 g/mol. The molecule has 5 heteroatoms. The Morgan fingerprint density at radius 3 is 2.11 bits per heavy atom. The minimum atomic E-state index is -0.556. The van der Waals surface area contributed by atoms with Crippen LogP contribution in [-0.4, -0.2) is 34.6 Å². The molecule has 2 amide bonds. The van der Waals surface area contributed by atoms with Gasteiger partial charge in [0.25, 0.3) is 0 Å². The Morgan fingerprint density at radius 1 is 0.861 bits per heavy atom. The molecule has 1 aliphatic rings. The first-order valence-electron chi connectivity index (χ1n) is 12.9. The minimum absolute atomic E-state index is 0.000917. The van der Waals surface area contributed by atoms with Gasteiger partial charge in [0, 0.05) is 24.8 Å². The molecule has 0 aromatic heterocycles. The molecule has 1 fully saturated rings. The van der Waals surface area contributed by atoms with E-state index >= 15 is 0 Å². The standard InChI is InChI=1S/C31H36N2O2S/c1-24-16-18-26(19-17-24)21-33(30(34)23-36-22-27-12-6-3-7-13-27)29(20-25-10-4-2-5-11-25)31(35)32-28-14-8-9-15-28/h2-7,10-13,16-19,28-29H,8-9,14-15,20-23H2,1H3,(H,32,35)/t29-/m1/s1. The van der Waals surface area contributed by atoms with Crippen molar-refractivity contribution in [2.75, 3.05) is 5.75 Å². The minimum Gasteiger partial charge on any atom is -0.352 e. The Balaban J connectivity index is 1.56. The van der Waals surface area contributed by atoms with Gasteiger partial charge < -0.3 is 10.2 Å². The van der Waals surface area contributed by atoms with Crippen molar-refractivity contribution in [1.29, 1.82) is 0 Å². The SMILES string of the molecule is Cc1ccc(CN(C(=O)CSCc2ccccc2)[C@H](Cc2ccccc2)C(=O)NC2CCCC2)cc1. The highest BCUT2D eigenvalue weighted by Crippen LogP contribution is 2.21. The number of nitrogens with zero attached hydrogens (tertiary/aromatic N) is 1. The van der Waals surface area contributed by atoms with Crippen molar-refractivity contribution in [3.63, 3.8) is 0 Å². The smallest absolute Gasteiger partial charge is 0.243 e. The van der Waals surface area contributed by atoms with Crippen LogP contribution in [0.5, 0.6) is 0 Å². The fraction of sp³-hybridized carbons (Fsp3) is 0.355. The van der Waals surface area contributed by atoms with Crippen molar-refractivity contribution in [2.45, 2.75) is 63.4 Å². The lowest BCUT2D eigenvalue weighted by molar-refractivity contribution is -0.139. The van der Waals surface area contributed by atoms with Gasteiger partial charge in [-0.1, -0.05) is 103 Å².